The van der Waals surface area contributed by atoms with Crippen LogP contribution in [0.3, 0.4) is 0 Å². The Morgan fingerprint density at radius 3 is 2.29 bits per heavy atom. The Morgan fingerprint density at radius 2 is 1.65 bits per heavy atom. The number of halogens is 3. The van der Waals surface area contributed by atoms with Gasteiger partial charge >= 0.3 is 12.3 Å². The lowest BCUT2D eigenvalue weighted by Crippen LogP contribution is -2.49. The van der Waals surface area contributed by atoms with Gasteiger partial charge < -0.3 is 19.5 Å². The second-order valence-electron chi connectivity index (χ2n) is 12.5. The largest absolute Gasteiger partial charge is 0.507 e. The summed E-state index contributed by atoms with van der Waals surface area (Å²) >= 11 is 0. The summed E-state index contributed by atoms with van der Waals surface area (Å²) in [5.74, 6) is -0.455. The van der Waals surface area contributed by atoms with Crippen LogP contribution in [0.25, 0.3) is 17.0 Å². The minimum absolute atomic E-state index is 0.0726. The number of carbonyl (C=O) groups excluding carboxylic acids is 2. The van der Waals surface area contributed by atoms with E-state index in [9.17, 15) is 36.3 Å². The number of allylic oxidation sites excluding steroid dienone is 1. The van der Waals surface area contributed by atoms with Crippen LogP contribution in [0.2, 0.25) is 0 Å². The molecule has 0 radical (unpaired) electrons. The van der Waals surface area contributed by atoms with Gasteiger partial charge in [-0.25, -0.2) is 17.2 Å². The van der Waals surface area contributed by atoms with Gasteiger partial charge in [-0.1, -0.05) is 18.2 Å². The molecule has 1 N–H and O–H groups in total. The first-order valence-electron chi connectivity index (χ1n) is 15.1. The van der Waals surface area contributed by atoms with Crippen molar-refractivity contribution in [2.45, 2.75) is 44.0 Å². The molecule has 48 heavy (non-hydrogen) atoms. The van der Waals surface area contributed by atoms with Crippen LogP contribution >= 0.6 is 0 Å². The molecule has 2 aliphatic rings. The highest BCUT2D eigenvalue weighted by molar-refractivity contribution is 7.90. The summed E-state index contributed by atoms with van der Waals surface area (Å²) in [6.07, 6.45) is -2.33. The van der Waals surface area contributed by atoms with Gasteiger partial charge in [-0.15, -0.1) is 0 Å². The van der Waals surface area contributed by atoms with E-state index in [1.165, 1.54) is 24.4 Å². The maximum absolute atomic E-state index is 13.6. The number of aromatic hydroxyl groups is 1. The monoisotopic (exact) mass is 683 g/mol. The number of Topliss-reactive ketones (excluding diaryl/α,β-unsaturated/α-hetero) is 1. The van der Waals surface area contributed by atoms with Crippen molar-refractivity contribution in [3.05, 3.63) is 94.9 Å². The Labute approximate surface area is 274 Å². The number of ketones is 1. The number of hydrogen-bond donors (Lipinski definition) is 1. The number of hydrogen-bond acceptors (Lipinski definition) is 8. The number of benzene rings is 3. The molecular weight excluding hydrogens is 651 g/mol. The first-order valence-corrected chi connectivity index (χ1v) is 16.5. The van der Waals surface area contributed by atoms with Gasteiger partial charge in [-0.2, -0.15) is 13.2 Å². The fourth-order valence-corrected chi connectivity index (χ4v) is 7.03. The molecule has 2 aliphatic heterocycles. The molecule has 4 aromatic rings. The van der Waals surface area contributed by atoms with Crippen molar-refractivity contribution in [1.82, 2.24) is 13.8 Å². The number of nitrogens with zero attached hydrogens (tertiary/aromatic N) is 3. The number of phenolic OH excluding ortho intramolecular Hbond substituents is 1. The van der Waals surface area contributed by atoms with E-state index in [0.29, 0.717) is 54.8 Å². The fourth-order valence-electron chi connectivity index (χ4n) is 5.65. The molecule has 0 spiro atoms. The van der Waals surface area contributed by atoms with Crippen LogP contribution in [-0.4, -0.2) is 71.0 Å². The van der Waals surface area contributed by atoms with E-state index in [4.69, 9.17) is 9.47 Å². The van der Waals surface area contributed by atoms with Gasteiger partial charge in [-0.05, 0) is 69.3 Å². The van der Waals surface area contributed by atoms with E-state index in [0.717, 1.165) is 16.1 Å². The molecule has 0 saturated carbocycles. The van der Waals surface area contributed by atoms with E-state index >= 15 is 0 Å². The van der Waals surface area contributed by atoms with E-state index in [2.05, 4.69) is 0 Å². The average Bonchev–Trinajstić information content (AvgIpc) is 3.55. The number of phenols is 1. The summed E-state index contributed by atoms with van der Waals surface area (Å²) < 4.78 is 78.9. The predicted molar refractivity (Wildman–Crippen MR) is 170 cm³/mol. The molecule has 0 bridgehead atoms. The summed E-state index contributed by atoms with van der Waals surface area (Å²) in [4.78, 5) is 29.3. The number of aromatic nitrogens is 1. The third kappa shape index (κ3) is 6.37. The van der Waals surface area contributed by atoms with Crippen LogP contribution < -0.4 is 4.74 Å². The zero-order chi connectivity index (χ0) is 34.6. The van der Waals surface area contributed by atoms with Crippen molar-refractivity contribution >= 4 is 38.9 Å². The normalized spacial score (nSPS) is 16.8. The highest BCUT2D eigenvalue weighted by Gasteiger charge is 2.34. The van der Waals surface area contributed by atoms with E-state index in [1.807, 2.05) is 4.90 Å². The van der Waals surface area contributed by atoms with E-state index in [1.54, 1.807) is 49.9 Å². The Bertz CT molecular complexity index is 2060. The standard InChI is InChI=1S/C34H32F3N3O7S/c1-33(2,3)47-32(43)39-16-14-38(15-17-39)20-26-28(41)13-12-25-30(42)29(46-31(25)26)18-21-19-40(27-7-5-4-6-24(21)27)48(44,45)23-10-8-22(9-11-23)34(35,36)37/h4-13,18-19,41H,14-17,20H2,1-3H3. The molecule has 0 atom stereocenters. The van der Waals surface area contributed by atoms with Crippen molar-refractivity contribution in [1.29, 1.82) is 0 Å². The first-order chi connectivity index (χ1) is 22.5. The third-order valence-corrected chi connectivity index (χ3v) is 9.74. The lowest BCUT2D eigenvalue weighted by atomic mass is 10.0. The lowest BCUT2D eigenvalue weighted by molar-refractivity contribution is -0.137. The molecule has 10 nitrogen and oxygen atoms in total. The Hall–Kier alpha value is -4.82. The van der Waals surface area contributed by atoms with Crippen LogP contribution in [0.5, 0.6) is 11.5 Å². The molecule has 3 aromatic carbocycles. The molecule has 0 unspecified atom stereocenters. The molecule has 1 fully saturated rings. The summed E-state index contributed by atoms with van der Waals surface area (Å²) in [6.45, 7) is 7.44. The van der Waals surface area contributed by atoms with Crippen LogP contribution in [0.4, 0.5) is 18.0 Å². The van der Waals surface area contributed by atoms with Gasteiger partial charge in [-0.3, -0.25) is 9.69 Å². The van der Waals surface area contributed by atoms with Crippen molar-refractivity contribution < 1.29 is 45.8 Å². The highest BCUT2D eigenvalue weighted by atomic mass is 32.2. The number of para-hydroxylation sites is 1. The maximum atomic E-state index is 13.6. The highest BCUT2D eigenvalue weighted by Crippen LogP contribution is 2.41. The average molecular weight is 684 g/mol. The zero-order valence-corrected chi connectivity index (χ0v) is 27.1. The summed E-state index contributed by atoms with van der Waals surface area (Å²) in [5, 5.41) is 11.2. The molecule has 0 aliphatic carbocycles. The van der Waals surface area contributed by atoms with E-state index < -0.39 is 39.2 Å². The molecule has 252 valence electrons. The number of fused-ring (bicyclic) bond motifs is 2. The second-order valence-corrected chi connectivity index (χ2v) is 14.4. The van der Waals surface area contributed by atoms with Gasteiger partial charge in [0.2, 0.25) is 5.78 Å². The van der Waals surface area contributed by atoms with Crippen molar-refractivity contribution in [2.24, 2.45) is 0 Å². The lowest BCUT2D eigenvalue weighted by Gasteiger charge is -2.35. The Morgan fingerprint density at radius 1 is 0.979 bits per heavy atom. The quantitative estimate of drug-likeness (QED) is 0.245. The fraction of sp³-hybridized carbons (Fsp3) is 0.294. The molecule has 1 saturated heterocycles. The summed E-state index contributed by atoms with van der Waals surface area (Å²) in [6, 6.07) is 12.6. The Balaban J connectivity index is 1.27. The van der Waals surface area contributed by atoms with Crippen LogP contribution in [0.15, 0.2) is 77.5 Å². The van der Waals surface area contributed by atoms with Crippen LogP contribution in [0, 0.1) is 0 Å². The minimum atomic E-state index is -4.62. The SMILES string of the molecule is CC(C)(C)OC(=O)N1CCN(Cc2c(O)ccc3c2OC(=Cc2cn(S(=O)(=O)c4ccc(C(F)(F)F)cc4)c4ccccc24)C3=O)CC1. The number of piperazine rings is 1. The molecule has 3 heterocycles. The first kappa shape index (κ1) is 33.1. The molecule has 6 rings (SSSR count). The second kappa shape index (κ2) is 12.0. The topological polar surface area (TPSA) is 118 Å². The van der Waals surface area contributed by atoms with Gasteiger partial charge in [0.25, 0.3) is 10.0 Å². The van der Waals surface area contributed by atoms with Crippen LogP contribution in [0.1, 0.15) is 47.8 Å². The number of alkyl halides is 3. The minimum Gasteiger partial charge on any atom is -0.507 e. The number of amides is 1. The number of ether oxygens (including phenoxy) is 2. The third-order valence-electron chi connectivity index (χ3n) is 8.06. The molecule has 1 amide bonds. The number of carbonyl (C=O) groups is 2. The molecule has 14 heteroatoms. The van der Waals surface area contributed by atoms with Crippen molar-refractivity contribution in [3.8, 4) is 11.5 Å². The smallest absolute Gasteiger partial charge is 0.416 e. The van der Waals surface area contributed by atoms with Gasteiger partial charge in [0.05, 0.1) is 27.1 Å². The molecular formula is C34H32F3N3O7S. The molecule has 1 aromatic heterocycles. The van der Waals surface area contributed by atoms with E-state index in [-0.39, 0.29) is 39.8 Å². The van der Waals surface area contributed by atoms with Crippen molar-refractivity contribution in [2.75, 3.05) is 26.2 Å². The van der Waals surface area contributed by atoms with Gasteiger partial charge in [0.15, 0.2) is 5.76 Å². The summed E-state index contributed by atoms with van der Waals surface area (Å²) in [7, 11) is -4.33. The van der Waals surface area contributed by atoms with Crippen molar-refractivity contribution in [3.63, 3.8) is 0 Å². The Kier molecular flexibility index (Phi) is 8.28. The van der Waals surface area contributed by atoms with Gasteiger partial charge in [0, 0.05) is 49.9 Å². The predicted octanol–water partition coefficient (Wildman–Crippen LogP) is 6.27. The van der Waals surface area contributed by atoms with Gasteiger partial charge in [0.1, 0.15) is 17.1 Å². The summed E-state index contributed by atoms with van der Waals surface area (Å²) in [5.41, 5.74) is -0.411. The maximum Gasteiger partial charge on any atom is 0.416 e. The van der Waals surface area contributed by atoms with Crippen LogP contribution in [-0.2, 0) is 27.5 Å². The zero-order valence-electron chi connectivity index (χ0n) is 26.2. The number of rotatable bonds is 5.